The third-order valence-electron chi connectivity index (χ3n) is 4.35. The fourth-order valence-corrected chi connectivity index (χ4v) is 3.83. The van der Waals surface area contributed by atoms with Crippen molar-refractivity contribution in [1.29, 1.82) is 0 Å². The van der Waals surface area contributed by atoms with Gasteiger partial charge in [0.15, 0.2) is 16.7 Å². The molecule has 1 aromatic heterocycles. The first-order chi connectivity index (χ1) is 13.5. The number of fused-ring (bicyclic) bond motifs is 1. The molecule has 0 fully saturated rings. The van der Waals surface area contributed by atoms with E-state index in [0.29, 0.717) is 22.3 Å². The van der Waals surface area contributed by atoms with E-state index in [1.165, 1.54) is 11.8 Å². The fraction of sp³-hybridized carbons (Fsp3) is 0.250. The number of rotatable bonds is 5. The van der Waals surface area contributed by atoms with E-state index in [4.69, 9.17) is 9.47 Å². The largest absolute Gasteiger partial charge is 0.454 e. The molecule has 1 aliphatic heterocycles. The quantitative estimate of drug-likeness (QED) is 0.662. The molecule has 1 N–H and O–H groups in total. The summed E-state index contributed by atoms with van der Waals surface area (Å²) in [5, 5.41) is 11.7. The lowest BCUT2D eigenvalue weighted by molar-refractivity contribution is -0.115. The number of thioether (sulfide) groups is 1. The number of anilines is 1. The van der Waals surface area contributed by atoms with Gasteiger partial charge < -0.3 is 14.8 Å². The third kappa shape index (κ3) is 3.68. The number of nitrogens with zero attached hydrogens (tertiary/aromatic N) is 3. The van der Waals surface area contributed by atoms with Gasteiger partial charge in [-0.2, -0.15) is 0 Å². The first kappa shape index (κ1) is 18.4. The Morgan fingerprint density at radius 2 is 1.96 bits per heavy atom. The van der Waals surface area contributed by atoms with Gasteiger partial charge >= 0.3 is 0 Å². The maximum atomic E-state index is 12.7. The van der Waals surface area contributed by atoms with Crippen LogP contribution in [-0.2, 0) is 4.79 Å². The number of nitrogens with one attached hydrogen (secondary N) is 1. The number of amides is 1. The average Bonchev–Trinajstić information content (AvgIpc) is 3.27. The highest BCUT2D eigenvalue weighted by molar-refractivity contribution is 8.00. The summed E-state index contributed by atoms with van der Waals surface area (Å²) in [5.41, 5.74) is 2.79. The van der Waals surface area contributed by atoms with Gasteiger partial charge in [-0.05, 0) is 50.6 Å². The molecular formula is C20H20N4O3S. The van der Waals surface area contributed by atoms with Gasteiger partial charge in [0.2, 0.25) is 12.7 Å². The summed E-state index contributed by atoms with van der Waals surface area (Å²) in [6, 6.07) is 13.4. The van der Waals surface area contributed by atoms with E-state index < -0.39 is 0 Å². The minimum atomic E-state index is -0.363. The zero-order valence-corrected chi connectivity index (χ0v) is 16.6. The number of aryl methyl sites for hydroxylation is 2. The molecule has 144 valence electrons. The summed E-state index contributed by atoms with van der Waals surface area (Å²) in [4.78, 5) is 12.7. The van der Waals surface area contributed by atoms with Crippen molar-refractivity contribution >= 4 is 23.4 Å². The summed E-state index contributed by atoms with van der Waals surface area (Å²) < 4.78 is 12.6. The minimum Gasteiger partial charge on any atom is -0.454 e. The Morgan fingerprint density at radius 1 is 1.14 bits per heavy atom. The number of aromatic nitrogens is 3. The van der Waals surface area contributed by atoms with Gasteiger partial charge in [-0.3, -0.25) is 9.36 Å². The van der Waals surface area contributed by atoms with Crippen molar-refractivity contribution in [2.24, 2.45) is 0 Å². The summed E-state index contributed by atoms with van der Waals surface area (Å²) in [7, 11) is 0. The highest BCUT2D eigenvalue weighted by Gasteiger charge is 2.21. The molecule has 0 saturated carbocycles. The predicted octanol–water partition coefficient (Wildman–Crippen LogP) is 3.73. The Kier molecular flexibility index (Phi) is 4.95. The molecule has 2 heterocycles. The van der Waals surface area contributed by atoms with E-state index in [0.717, 1.165) is 17.1 Å². The molecule has 1 amide bonds. The van der Waals surface area contributed by atoms with Crippen molar-refractivity contribution < 1.29 is 14.3 Å². The third-order valence-corrected chi connectivity index (χ3v) is 5.39. The van der Waals surface area contributed by atoms with E-state index in [1.807, 2.05) is 43.5 Å². The maximum absolute atomic E-state index is 12.7. The van der Waals surface area contributed by atoms with Crippen LogP contribution in [0.1, 0.15) is 18.3 Å². The summed E-state index contributed by atoms with van der Waals surface area (Å²) in [6.45, 7) is 5.98. The van der Waals surface area contributed by atoms with Crippen LogP contribution in [0.2, 0.25) is 0 Å². The van der Waals surface area contributed by atoms with Gasteiger partial charge in [-0.25, -0.2) is 0 Å². The van der Waals surface area contributed by atoms with Crippen LogP contribution in [0.3, 0.4) is 0 Å². The molecule has 0 spiro atoms. The Morgan fingerprint density at radius 3 is 2.79 bits per heavy atom. The van der Waals surface area contributed by atoms with Crippen LogP contribution in [0, 0.1) is 13.8 Å². The summed E-state index contributed by atoms with van der Waals surface area (Å²) in [5.74, 6) is 1.96. The second-order valence-corrected chi connectivity index (χ2v) is 7.83. The number of carbonyl (C=O) groups excluding carboxylic acids is 1. The molecule has 2 aromatic carbocycles. The second kappa shape index (κ2) is 7.55. The Balaban J connectivity index is 1.49. The van der Waals surface area contributed by atoms with Crippen LogP contribution in [0.5, 0.6) is 11.5 Å². The molecule has 1 atom stereocenters. The molecule has 3 aromatic rings. The Bertz CT molecular complexity index is 1030. The van der Waals surface area contributed by atoms with Crippen LogP contribution in [0.25, 0.3) is 5.69 Å². The molecule has 1 aliphatic rings. The van der Waals surface area contributed by atoms with E-state index in [-0.39, 0.29) is 18.0 Å². The molecule has 4 rings (SSSR count). The lowest BCUT2D eigenvalue weighted by Crippen LogP contribution is -2.22. The fourth-order valence-electron chi connectivity index (χ4n) is 2.91. The predicted molar refractivity (Wildman–Crippen MR) is 107 cm³/mol. The van der Waals surface area contributed by atoms with Crippen molar-refractivity contribution in [2.75, 3.05) is 12.1 Å². The molecule has 8 heteroatoms. The standard InChI is InChI=1S/C20H20N4O3S/c1-12-5-4-6-16(9-12)24-14(3)22-23-20(24)28-13(2)19(25)21-15-7-8-17-18(10-15)27-11-26-17/h4-10,13H,11H2,1-3H3,(H,21,25)/t13-/m0/s1. The Hall–Kier alpha value is -3.00. The van der Waals surface area contributed by atoms with Gasteiger partial charge in [0, 0.05) is 17.4 Å². The van der Waals surface area contributed by atoms with Crippen LogP contribution in [0.15, 0.2) is 47.6 Å². The van der Waals surface area contributed by atoms with Gasteiger partial charge in [0.25, 0.3) is 0 Å². The molecule has 28 heavy (non-hydrogen) atoms. The van der Waals surface area contributed by atoms with Gasteiger partial charge in [-0.1, -0.05) is 23.9 Å². The topological polar surface area (TPSA) is 78.3 Å². The Labute approximate surface area is 167 Å². The monoisotopic (exact) mass is 396 g/mol. The molecular weight excluding hydrogens is 376 g/mol. The maximum Gasteiger partial charge on any atom is 0.237 e. The smallest absolute Gasteiger partial charge is 0.237 e. The van der Waals surface area contributed by atoms with Crippen molar-refractivity contribution in [3.8, 4) is 17.2 Å². The van der Waals surface area contributed by atoms with E-state index in [1.54, 1.807) is 18.2 Å². The number of benzene rings is 2. The highest BCUT2D eigenvalue weighted by atomic mass is 32.2. The number of carbonyl (C=O) groups is 1. The van der Waals surface area contributed by atoms with E-state index in [9.17, 15) is 4.79 Å². The lowest BCUT2D eigenvalue weighted by atomic mass is 10.2. The zero-order valence-electron chi connectivity index (χ0n) is 15.8. The first-order valence-corrected chi connectivity index (χ1v) is 9.75. The average molecular weight is 396 g/mol. The number of hydrogen-bond acceptors (Lipinski definition) is 6. The number of ether oxygens (including phenoxy) is 2. The van der Waals surface area contributed by atoms with Crippen LogP contribution < -0.4 is 14.8 Å². The SMILES string of the molecule is Cc1cccc(-n2c(C)nnc2S[C@@H](C)C(=O)Nc2ccc3c(c2)OCO3)c1. The molecule has 0 unspecified atom stereocenters. The van der Waals surface area contributed by atoms with Gasteiger partial charge in [0.1, 0.15) is 5.82 Å². The lowest BCUT2D eigenvalue weighted by Gasteiger charge is -2.14. The van der Waals surface area contributed by atoms with Gasteiger partial charge in [0.05, 0.1) is 5.25 Å². The normalized spacial score (nSPS) is 13.4. The summed E-state index contributed by atoms with van der Waals surface area (Å²) >= 11 is 1.37. The molecule has 0 aliphatic carbocycles. The summed E-state index contributed by atoms with van der Waals surface area (Å²) in [6.07, 6.45) is 0. The van der Waals surface area contributed by atoms with Crippen LogP contribution in [0.4, 0.5) is 5.69 Å². The van der Waals surface area contributed by atoms with Crippen molar-refractivity contribution in [3.63, 3.8) is 0 Å². The van der Waals surface area contributed by atoms with Crippen LogP contribution in [-0.4, -0.2) is 32.7 Å². The molecule has 7 nitrogen and oxygen atoms in total. The zero-order chi connectivity index (χ0) is 19.7. The van der Waals surface area contributed by atoms with Gasteiger partial charge in [-0.15, -0.1) is 10.2 Å². The molecule has 0 saturated heterocycles. The molecule has 0 radical (unpaired) electrons. The molecule has 0 bridgehead atoms. The number of hydrogen-bond donors (Lipinski definition) is 1. The van der Waals surface area contributed by atoms with Crippen LogP contribution >= 0.6 is 11.8 Å². The van der Waals surface area contributed by atoms with E-state index >= 15 is 0 Å². The van der Waals surface area contributed by atoms with Crippen molar-refractivity contribution in [2.45, 2.75) is 31.2 Å². The van der Waals surface area contributed by atoms with Crippen molar-refractivity contribution in [1.82, 2.24) is 14.8 Å². The van der Waals surface area contributed by atoms with Crippen molar-refractivity contribution in [3.05, 3.63) is 53.9 Å². The first-order valence-electron chi connectivity index (χ1n) is 8.87. The van der Waals surface area contributed by atoms with E-state index in [2.05, 4.69) is 21.6 Å². The second-order valence-electron chi connectivity index (χ2n) is 6.52. The highest BCUT2D eigenvalue weighted by Crippen LogP contribution is 2.34. The minimum absolute atomic E-state index is 0.125.